The minimum absolute atomic E-state index is 0.107. The fraction of sp³-hybridized carbons (Fsp3) is 0.867. The first kappa shape index (κ1) is 17.7. The van der Waals surface area contributed by atoms with E-state index in [1.807, 2.05) is 13.8 Å². The summed E-state index contributed by atoms with van der Waals surface area (Å²) < 4.78 is 22.7. The monoisotopic (exact) mass is 302 g/mol. The van der Waals surface area contributed by atoms with Crippen molar-refractivity contribution in [1.29, 1.82) is 0 Å². The Labute approximate surface area is 124 Å². The summed E-state index contributed by atoms with van der Waals surface area (Å²) in [4.78, 5) is 0. The second-order valence-corrected chi connectivity index (χ2v) is 12.2. The van der Waals surface area contributed by atoms with Gasteiger partial charge >= 0.3 is 0 Å². The Kier molecular flexibility index (Phi) is 5.12. The zero-order valence-electron chi connectivity index (χ0n) is 14.2. The van der Waals surface area contributed by atoms with Crippen LogP contribution >= 0.6 is 0 Å². The summed E-state index contributed by atoms with van der Waals surface area (Å²) in [5, 5.41) is 0.160. The van der Waals surface area contributed by atoms with E-state index >= 15 is 0 Å². The largest absolute Gasteiger partial charge is 0.547 e. The number of methoxy groups -OCH3 is 1. The Morgan fingerprint density at radius 1 is 1.30 bits per heavy atom. The number of hydrogen-bond donors (Lipinski definition) is 0. The molecule has 0 aliphatic carbocycles. The van der Waals surface area contributed by atoms with Gasteiger partial charge in [-0.3, -0.25) is 0 Å². The fourth-order valence-corrected chi connectivity index (χ4v) is 2.92. The van der Waals surface area contributed by atoms with E-state index in [1.54, 1.807) is 7.11 Å². The smallest absolute Gasteiger partial charge is 0.272 e. The van der Waals surface area contributed by atoms with Crippen LogP contribution in [0.15, 0.2) is 12.3 Å². The molecule has 0 radical (unpaired) electrons. The second-order valence-electron chi connectivity index (χ2n) is 7.48. The molecular weight excluding hydrogens is 272 g/mol. The first-order valence-electron chi connectivity index (χ1n) is 7.12. The first-order valence-corrected chi connectivity index (χ1v) is 10.0. The Bertz CT molecular complexity index is 357. The molecule has 1 aliphatic heterocycles. The van der Waals surface area contributed by atoms with Crippen LogP contribution in [0.4, 0.5) is 0 Å². The molecular formula is C15H30O4Si. The number of rotatable bonds is 5. The molecule has 0 N–H and O–H groups in total. The molecule has 1 saturated heterocycles. The Balaban J connectivity index is 2.64. The summed E-state index contributed by atoms with van der Waals surface area (Å²) in [6.07, 6.45) is 0.518. The molecule has 1 heterocycles. The Morgan fingerprint density at radius 3 is 2.25 bits per heavy atom. The molecule has 0 aromatic carbocycles. The van der Waals surface area contributed by atoms with Gasteiger partial charge in [-0.25, -0.2) is 0 Å². The maximum atomic E-state index is 6.19. The van der Waals surface area contributed by atoms with E-state index in [9.17, 15) is 0 Å². The highest BCUT2D eigenvalue weighted by atomic mass is 28.4. The Morgan fingerprint density at radius 2 is 1.85 bits per heavy atom. The molecule has 1 unspecified atom stereocenters. The molecule has 0 spiro atoms. The zero-order valence-corrected chi connectivity index (χ0v) is 15.2. The molecule has 0 aromatic rings. The van der Waals surface area contributed by atoms with Crippen molar-refractivity contribution in [2.45, 2.75) is 77.4 Å². The van der Waals surface area contributed by atoms with Crippen LogP contribution in [0.1, 0.15) is 41.0 Å². The van der Waals surface area contributed by atoms with Crippen LogP contribution in [0, 0.1) is 0 Å². The standard InChI is InChI=1S/C15H30O4Si/c1-11(19-20(8,9)14(2,3)4)10-12-15(5,6)18-13(16-7)17-12/h12-13H,1,10H2,2-9H3/t12-,13?/m0/s1. The topological polar surface area (TPSA) is 36.9 Å². The normalized spacial score (nSPS) is 26.6. The molecule has 1 fully saturated rings. The molecule has 0 bridgehead atoms. The van der Waals surface area contributed by atoms with Crippen LogP contribution in [0.25, 0.3) is 0 Å². The van der Waals surface area contributed by atoms with Gasteiger partial charge in [-0.05, 0) is 32.0 Å². The molecule has 20 heavy (non-hydrogen) atoms. The van der Waals surface area contributed by atoms with E-state index in [0.29, 0.717) is 6.42 Å². The summed E-state index contributed by atoms with van der Waals surface area (Å²) in [7, 11) is -0.265. The summed E-state index contributed by atoms with van der Waals surface area (Å²) in [5.74, 6) is 0.773. The number of ether oxygens (including phenoxy) is 3. The molecule has 0 amide bonds. The molecule has 2 atom stereocenters. The minimum atomic E-state index is -1.84. The van der Waals surface area contributed by atoms with E-state index in [4.69, 9.17) is 18.6 Å². The molecule has 0 aromatic heterocycles. The lowest BCUT2D eigenvalue weighted by atomic mass is 9.99. The highest BCUT2D eigenvalue weighted by Crippen LogP contribution is 2.39. The third-order valence-electron chi connectivity index (χ3n) is 4.26. The van der Waals surface area contributed by atoms with Gasteiger partial charge in [-0.1, -0.05) is 27.4 Å². The molecule has 4 nitrogen and oxygen atoms in total. The van der Waals surface area contributed by atoms with E-state index in [2.05, 4.69) is 40.4 Å². The average Bonchev–Trinajstić information content (AvgIpc) is 2.51. The van der Waals surface area contributed by atoms with E-state index < -0.39 is 20.4 Å². The molecule has 5 heteroatoms. The average molecular weight is 302 g/mol. The molecule has 0 saturated carbocycles. The summed E-state index contributed by atoms with van der Waals surface area (Å²) in [6.45, 7) is 18.5. The van der Waals surface area contributed by atoms with Gasteiger partial charge in [0.15, 0.2) is 0 Å². The lowest BCUT2D eigenvalue weighted by Gasteiger charge is -2.37. The minimum Gasteiger partial charge on any atom is -0.547 e. The predicted octanol–water partition coefficient (Wildman–Crippen LogP) is 4.04. The van der Waals surface area contributed by atoms with Crippen molar-refractivity contribution >= 4 is 8.32 Å². The van der Waals surface area contributed by atoms with Crippen molar-refractivity contribution in [2.24, 2.45) is 0 Å². The van der Waals surface area contributed by atoms with Gasteiger partial charge in [0.05, 0.1) is 17.5 Å². The van der Waals surface area contributed by atoms with Crippen molar-refractivity contribution in [1.82, 2.24) is 0 Å². The summed E-state index contributed by atoms with van der Waals surface area (Å²) in [6, 6.07) is 0. The second kappa shape index (κ2) is 5.79. The van der Waals surface area contributed by atoms with Gasteiger partial charge in [0.1, 0.15) is 0 Å². The summed E-state index contributed by atoms with van der Waals surface area (Å²) in [5.41, 5.74) is -0.402. The van der Waals surface area contributed by atoms with Crippen molar-refractivity contribution in [3.05, 3.63) is 12.3 Å². The van der Waals surface area contributed by atoms with Crippen LogP contribution in [0.3, 0.4) is 0 Å². The third-order valence-corrected chi connectivity index (χ3v) is 8.67. The van der Waals surface area contributed by atoms with Crippen LogP contribution in [0.2, 0.25) is 18.1 Å². The van der Waals surface area contributed by atoms with Crippen molar-refractivity contribution in [3.8, 4) is 0 Å². The highest BCUT2D eigenvalue weighted by Gasteiger charge is 2.45. The lowest BCUT2D eigenvalue weighted by Crippen LogP contribution is -2.41. The van der Waals surface area contributed by atoms with E-state index in [1.165, 1.54) is 0 Å². The third kappa shape index (κ3) is 4.07. The van der Waals surface area contributed by atoms with Crippen LogP contribution < -0.4 is 0 Å². The maximum Gasteiger partial charge on any atom is 0.272 e. The lowest BCUT2D eigenvalue weighted by molar-refractivity contribution is -0.235. The zero-order chi connectivity index (χ0) is 15.8. The van der Waals surface area contributed by atoms with E-state index in [0.717, 1.165) is 5.76 Å². The maximum absolute atomic E-state index is 6.19. The summed E-state index contributed by atoms with van der Waals surface area (Å²) >= 11 is 0. The highest BCUT2D eigenvalue weighted by molar-refractivity contribution is 6.74. The van der Waals surface area contributed by atoms with Crippen LogP contribution in [0.5, 0.6) is 0 Å². The molecule has 1 aliphatic rings. The first-order chi connectivity index (χ1) is 8.89. The number of hydrogen-bond acceptors (Lipinski definition) is 4. The predicted molar refractivity (Wildman–Crippen MR) is 82.9 cm³/mol. The molecule has 1 rings (SSSR count). The van der Waals surface area contributed by atoms with Crippen molar-refractivity contribution in [3.63, 3.8) is 0 Å². The van der Waals surface area contributed by atoms with E-state index in [-0.39, 0.29) is 11.1 Å². The van der Waals surface area contributed by atoms with Crippen LogP contribution in [-0.2, 0) is 18.6 Å². The van der Waals surface area contributed by atoms with Crippen molar-refractivity contribution in [2.75, 3.05) is 7.11 Å². The Hall–Kier alpha value is -0.363. The van der Waals surface area contributed by atoms with Gasteiger partial charge < -0.3 is 18.6 Å². The van der Waals surface area contributed by atoms with Gasteiger partial charge in [-0.15, -0.1) is 0 Å². The molecule has 118 valence electrons. The van der Waals surface area contributed by atoms with Gasteiger partial charge in [0, 0.05) is 13.5 Å². The van der Waals surface area contributed by atoms with Crippen molar-refractivity contribution < 1.29 is 18.6 Å². The van der Waals surface area contributed by atoms with Gasteiger partial charge in [-0.2, -0.15) is 0 Å². The van der Waals surface area contributed by atoms with Gasteiger partial charge in [0.25, 0.3) is 6.48 Å². The van der Waals surface area contributed by atoms with Gasteiger partial charge in [0.2, 0.25) is 8.32 Å². The quantitative estimate of drug-likeness (QED) is 0.567. The SMILES string of the molecule is C=C(C[C@@H]1OC(OC)OC1(C)C)O[Si](C)(C)C(C)(C)C. The van der Waals surface area contributed by atoms with Crippen LogP contribution in [-0.4, -0.2) is 33.6 Å². The fourth-order valence-electron chi connectivity index (χ4n) is 1.81.